The number of amides is 1. The van der Waals surface area contributed by atoms with E-state index >= 15 is 0 Å². The molecule has 4 nitrogen and oxygen atoms in total. The van der Waals surface area contributed by atoms with Gasteiger partial charge in [0.1, 0.15) is 6.67 Å². The van der Waals surface area contributed by atoms with Crippen LogP contribution in [0.4, 0.5) is 4.39 Å². The lowest BCUT2D eigenvalue weighted by Gasteiger charge is -2.25. The summed E-state index contributed by atoms with van der Waals surface area (Å²) in [7, 11) is 0. The number of carbonyl (C=O) groups excluding carboxylic acids is 1. The standard InChI is InChI=1S/C13H15ClFNO3/c1-13(2,8-3-5-9(14)6-4-8)12(19)16-10(7-15)11(17)18/h3-6,10H,7H2,1-2H3,(H,16,19)(H,17,18). The number of aliphatic carboxylic acids is 1. The summed E-state index contributed by atoms with van der Waals surface area (Å²) in [6.07, 6.45) is 0. The fourth-order valence-corrected chi connectivity index (χ4v) is 1.63. The number of carbonyl (C=O) groups is 2. The number of hydrogen-bond donors (Lipinski definition) is 2. The van der Waals surface area contributed by atoms with Crippen molar-refractivity contribution < 1.29 is 19.1 Å². The molecule has 0 saturated heterocycles. The third kappa shape index (κ3) is 3.67. The predicted molar refractivity (Wildman–Crippen MR) is 70.0 cm³/mol. The van der Waals surface area contributed by atoms with Gasteiger partial charge in [0.25, 0.3) is 0 Å². The van der Waals surface area contributed by atoms with Gasteiger partial charge < -0.3 is 10.4 Å². The third-order valence-electron chi connectivity index (χ3n) is 2.89. The molecule has 0 aliphatic heterocycles. The van der Waals surface area contributed by atoms with Gasteiger partial charge in [0.15, 0.2) is 6.04 Å². The molecule has 0 heterocycles. The molecule has 0 fully saturated rings. The highest BCUT2D eigenvalue weighted by molar-refractivity contribution is 6.30. The van der Waals surface area contributed by atoms with E-state index in [1.54, 1.807) is 38.1 Å². The number of hydrogen-bond acceptors (Lipinski definition) is 2. The zero-order chi connectivity index (χ0) is 14.6. The number of halogens is 2. The van der Waals surface area contributed by atoms with Crippen molar-refractivity contribution in [2.45, 2.75) is 25.3 Å². The molecule has 0 saturated carbocycles. The fourth-order valence-electron chi connectivity index (χ4n) is 1.50. The van der Waals surface area contributed by atoms with Gasteiger partial charge in [0.2, 0.25) is 5.91 Å². The van der Waals surface area contributed by atoms with E-state index in [0.717, 1.165) is 0 Å². The number of nitrogens with one attached hydrogen (secondary N) is 1. The first kappa shape index (κ1) is 15.4. The Morgan fingerprint density at radius 3 is 2.32 bits per heavy atom. The normalized spacial score (nSPS) is 12.8. The van der Waals surface area contributed by atoms with Gasteiger partial charge in [-0.25, -0.2) is 9.18 Å². The summed E-state index contributed by atoms with van der Waals surface area (Å²) in [6, 6.07) is 5.09. The fraction of sp³-hybridized carbons (Fsp3) is 0.385. The molecule has 1 atom stereocenters. The zero-order valence-electron chi connectivity index (χ0n) is 10.6. The van der Waals surface area contributed by atoms with Crippen molar-refractivity contribution in [3.8, 4) is 0 Å². The summed E-state index contributed by atoms with van der Waals surface area (Å²) in [5.74, 6) is -1.96. The lowest BCUT2D eigenvalue weighted by Crippen LogP contribution is -2.49. The average molecular weight is 288 g/mol. The van der Waals surface area contributed by atoms with Crippen LogP contribution in [0.25, 0.3) is 0 Å². The molecule has 1 unspecified atom stereocenters. The van der Waals surface area contributed by atoms with Crippen LogP contribution in [0.1, 0.15) is 19.4 Å². The first-order valence-electron chi connectivity index (χ1n) is 5.65. The molecule has 0 aromatic heterocycles. The molecule has 0 aliphatic carbocycles. The van der Waals surface area contributed by atoms with Crippen molar-refractivity contribution >= 4 is 23.5 Å². The van der Waals surface area contributed by atoms with Crippen LogP contribution in [0.2, 0.25) is 5.02 Å². The molecule has 0 spiro atoms. The minimum absolute atomic E-state index is 0.534. The van der Waals surface area contributed by atoms with Crippen molar-refractivity contribution in [3.05, 3.63) is 34.9 Å². The second-order valence-electron chi connectivity index (χ2n) is 4.65. The first-order chi connectivity index (χ1) is 8.78. The molecule has 0 radical (unpaired) electrons. The van der Waals surface area contributed by atoms with Gasteiger partial charge in [-0.3, -0.25) is 4.79 Å². The summed E-state index contributed by atoms with van der Waals surface area (Å²) in [4.78, 5) is 22.8. The van der Waals surface area contributed by atoms with Crippen LogP contribution in [0.5, 0.6) is 0 Å². The minimum atomic E-state index is -1.53. The van der Waals surface area contributed by atoms with Crippen LogP contribution in [0.15, 0.2) is 24.3 Å². The smallest absolute Gasteiger partial charge is 0.328 e. The van der Waals surface area contributed by atoms with Crippen LogP contribution in [0.3, 0.4) is 0 Å². The molecule has 104 valence electrons. The molecule has 6 heteroatoms. The van der Waals surface area contributed by atoms with Crippen LogP contribution in [0, 0.1) is 0 Å². The quantitative estimate of drug-likeness (QED) is 0.872. The average Bonchev–Trinajstić information content (AvgIpc) is 2.35. The van der Waals surface area contributed by atoms with E-state index in [1.807, 2.05) is 0 Å². The number of rotatable bonds is 5. The Bertz CT molecular complexity index is 473. The Hall–Kier alpha value is -1.62. The van der Waals surface area contributed by atoms with E-state index in [0.29, 0.717) is 10.6 Å². The molecule has 0 bridgehead atoms. The molecule has 19 heavy (non-hydrogen) atoms. The lowest BCUT2D eigenvalue weighted by atomic mass is 9.83. The topological polar surface area (TPSA) is 66.4 Å². The highest BCUT2D eigenvalue weighted by atomic mass is 35.5. The van der Waals surface area contributed by atoms with E-state index in [4.69, 9.17) is 16.7 Å². The highest BCUT2D eigenvalue weighted by Crippen LogP contribution is 2.25. The summed E-state index contributed by atoms with van der Waals surface area (Å²) in [5.41, 5.74) is -0.314. The maximum absolute atomic E-state index is 12.5. The van der Waals surface area contributed by atoms with Gasteiger partial charge in [-0.1, -0.05) is 23.7 Å². The van der Waals surface area contributed by atoms with Crippen molar-refractivity contribution in [3.63, 3.8) is 0 Å². The van der Waals surface area contributed by atoms with Gasteiger partial charge >= 0.3 is 5.97 Å². The van der Waals surface area contributed by atoms with Crippen molar-refractivity contribution in [2.24, 2.45) is 0 Å². The van der Waals surface area contributed by atoms with Gasteiger partial charge in [0.05, 0.1) is 5.41 Å². The van der Waals surface area contributed by atoms with Crippen molar-refractivity contribution in [1.82, 2.24) is 5.32 Å². The molecule has 1 aromatic rings. The van der Waals surface area contributed by atoms with E-state index in [-0.39, 0.29) is 0 Å². The summed E-state index contributed by atoms with van der Waals surface area (Å²) < 4.78 is 12.5. The molecule has 1 amide bonds. The number of carboxylic acid groups (broad SMARTS) is 1. The molecule has 1 rings (SSSR count). The summed E-state index contributed by atoms with van der Waals surface area (Å²) in [5, 5.41) is 11.4. The van der Waals surface area contributed by atoms with Crippen LogP contribution in [-0.2, 0) is 15.0 Å². The molecule has 0 aliphatic rings. The van der Waals surface area contributed by atoms with Crippen LogP contribution in [-0.4, -0.2) is 29.7 Å². The molecular weight excluding hydrogens is 273 g/mol. The summed E-state index contributed by atoms with van der Waals surface area (Å²) in [6.45, 7) is 2.10. The van der Waals surface area contributed by atoms with Crippen molar-refractivity contribution in [1.29, 1.82) is 0 Å². The SMILES string of the molecule is CC(C)(C(=O)NC(CF)C(=O)O)c1ccc(Cl)cc1. The molecular formula is C13H15ClFNO3. The maximum Gasteiger partial charge on any atom is 0.328 e. The zero-order valence-corrected chi connectivity index (χ0v) is 11.4. The summed E-state index contributed by atoms with van der Waals surface area (Å²) >= 11 is 5.76. The van der Waals surface area contributed by atoms with E-state index in [9.17, 15) is 14.0 Å². The third-order valence-corrected chi connectivity index (χ3v) is 3.14. The Balaban J connectivity index is 2.90. The van der Waals surface area contributed by atoms with Gasteiger partial charge in [-0.2, -0.15) is 0 Å². The van der Waals surface area contributed by atoms with E-state index in [2.05, 4.69) is 5.32 Å². The minimum Gasteiger partial charge on any atom is -0.480 e. The Morgan fingerprint density at radius 2 is 1.89 bits per heavy atom. The Labute approximate surface area is 115 Å². The first-order valence-corrected chi connectivity index (χ1v) is 6.02. The monoisotopic (exact) mass is 287 g/mol. The van der Waals surface area contributed by atoms with Gasteiger partial charge in [-0.05, 0) is 31.5 Å². The second kappa shape index (κ2) is 6.02. The van der Waals surface area contributed by atoms with E-state index in [1.165, 1.54) is 0 Å². The van der Waals surface area contributed by atoms with Crippen LogP contribution < -0.4 is 5.32 Å². The van der Waals surface area contributed by atoms with E-state index < -0.39 is 30.0 Å². The maximum atomic E-state index is 12.5. The lowest BCUT2D eigenvalue weighted by molar-refractivity contribution is -0.143. The Kier molecular flexibility index (Phi) is 4.89. The van der Waals surface area contributed by atoms with Crippen molar-refractivity contribution in [2.75, 3.05) is 6.67 Å². The molecule has 2 N–H and O–H groups in total. The van der Waals surface area contributed by atoms with Gasteiger partial charge in [-0.15, -0.1) is 0 Å². The number of carboxylic acids is 1. The highest BCUT2D eigenvalue weighted by Gasteiger charge is 2.32. The predicted octanol–water partition coefficient (Wildman–Crippen LogP) is 2.16. The largest absolute Gasteiger partial charge is 0.480 e. The van der Waals surface area contributed by atoms with Gasteiger partial charge in [0, 0.05) is 5.02 Å². The second-order valence-corrected chi connectivity index (χ2v) is 5.09. The Morgan fingerprint density at radius 1 is 1.37 bits per heavy atom. The van der Waals surface area contributed by atoms with Crippen LogP contribution >= 0.6 is 11.6 Å². The number of benzene rings is 1. The number of alkyl halides is 1. The molecule has 1 aromatic carbocycles.